The normalized spacial score (nSPS) is 11.2. The number of nitrogens with zero attached hydrogens (tertiary/aromatic N) is 2. The molecule has 7 heteroatoms. The number of benzene rings is 2. The zero-order valence-electron chi connectivity index (χ0n) is 9.24. The first-order chi connectivity index (χ1) is 8.97. The van der Waals surface area contributed by atoms with Gasteiger partial charge in [-0.05, 0) is 30.3 Å². The molecule has 0 spiro atoms. The van der Waals surface area contributed by atoms with E-state index in [1.807, 2.05) is 0 Å². The summed E-state index contributed by atoms with van der Waals surface area (Å²) in [6.45, 7) is 0. The van der Waals surface area contributed by atoms with Crippen molar-refractivity contribution in [3.63, 3.8) is 0 Å². The summed E-state index contributed by atoms with van der Waals surface area (Å²) in [7, 11) is 0. The summed E-state index contributed by atoms with van der Waals surface area (Å²) in [5.41, 5.74) is 0.661. The fourth-order valence-electron chi connectivity index (χ4n) is 1.29. The SMILES string of the molecule is Oc1c(Cl)cc(Cl)cc1N=Nc1ccc(Cl)c(Cl)c1. The summed E-state index contributed by atoms with van der Waals surface area (Å²) in [6.07, 6.45) is 0. The number of hydrogen-bond donors (Lipinski definition) is 1. The second-order valence-electron chi connectivity index (χ2n) is 3.55. The van der Waals surface area contributed by atoms with Crippen molar-refractivity contribution >= 4 is 57.8 Å². The summed E-state index contributed by atoms with van der Waals surface area (Å²) in [4.78, 5) is 0. The molecule has 3 nitrogen and oxygen atoms in total. The van der Waals surface area contributed by atoms with Gasteiger partial charge in [0.1, 0.15) is 5.69 Å². The van der Waals surface area contributed by atoms with E-state index in [9.17, 15) is 5.11 Å². The van der Waals surface area contributed by atoms with Crippen LogP contribution >= 0.6 is 46.4 Å². The lowest BCUT2D eigenvalue weighted by molar-refractivity contribution is 0.476. The maximum Gasteiger partial charge on any atom is 0.161 e. The van der Waals surface area contributed by atoms with E-state index in [0.717, 1.165) is 0 Å². The van der Waals surface area contributed by atoms with E-state index >= 15 is 0 Å². The predicted molar refractivity (Wildman–Crippen MR) is 78.8 cm³/mol. The van der Waals surface area contributed by atoms with Gasteiger partial charge in [0.05, 0.1) is 20.8 Å². The smallest absolute Gasteiger partial charge is 0.161 e. The average Bonchev–Trinajstić information content (AvgIpc) is 2.36. The Hall–Kier alpha value is -1.000. The highest BCUT2D eigenvalue weighted by atomic mass is 35.5. The minimum Gasteiger partial charge on any atom is -0.504 e. The van der Waals surface area contributed by atoms with Crippen molar-refractivity contribution in [2.45, 2.75) is 0 Å². The molecule has 0 heterocycles. The van der Waals surface area contributed by atoms with E-state index in [1.165, 1.54) is 12.1 Å². The lowest BCUT2D eigenvalue weighted by atomic mass is 10.3. The second-order valence-corrected chi connectivity index (χ2v) is 5.21. The molecule has 0 saturated carbocycles. The molecule has 19 heavy (non-hydrogen) atoms. The van der Waals surface area contributed by atoms with Gasteiger partial charge in [-0.3, -0.25) is 0 Å². The fourth-order valence-corrected chi connectivity index (χ4v) is 2.06. The van der Waals surface area contributed by atoms with E-state index in [1.54, 1.807) is 18.2 Å². The molecule has 0 aromatic heterocycles. The summed E-state index contributed by atoms with van der Waals surface area (Å²) < 4.78 is 0. The van der Waals surface area contributed by atoms with E-state index in [0.29, 0.717) is 20.8 Å². The van der Waals surface area contributed by atoms with Gasteiger partial charge in [-0.15, -0.1) is 5.11 Å². The zero-order valence-corrected chi connectivity index (χ0v) is 12.3. The Morgan fingerprint density at radius 1 is 0.789 bits per heavy atom. The summed E-state index contributed by atoms with van der Waals surface area (Å²) in [5, 5.41) is 18.8. The Balaban J connectivity index is 2.35. The minimum absolute atomic E-state index is 0.107. The highest BCUT2D eigenvalue weighted by Crippen LogP contribution is 2.38. The van der Waals surface area contributed by atoms with Crippen LogP contribution in [0.4, 0.5) is 11.4 Å². The van der Waals surface area contributed by atoms with Crippen LogP contribution in [0.25, 0.3) is 0 Å². The molecule has 0 saturated heterocycles. The van der Waals surface area contributed by atoms with Crippen LogP contribution in [-0.2, 0) is 0 Å². The molecule has 2 aromatic rings. The molecular formula is C12H6Cl4N2O. The molecular weight excluding hydrogens is 330 g/mol. The number of phenolic OH excluding ortho intramolecular Hbond substituents is 1. The van der Waals surface area contributed by atoms with Gasteiger partial charge in [-0.2, -0.15) is 5.11 Å². The highest BCUT2D eigenvalue weighted by Gasteiger charge is 2.07. The molecule has 2 aromatic carbocycles. The first kappa shape index (κ1) is 14.4. The molecule has 2 rings (SSSR count). The van der Waals surface area contributed by atoms with E-state index < -0.39 is 0 Å². The maximum atomic E-state index is 9.71. The van der Waals surface area contributed by atoms with Gasteiger partial charge in [0.25, 0.3) is 0 Å². The topological polar surface area (TPSA) is 45.0 Å². The monoisotopic (exact) mass is 334 g/mol. The van der Waals surface area contributed by atoms with Crippen molar-refractivity contribution in [2.24, 2.45) is 10.2 Å². The van der Waals surface area contributed by atoms with Crippen LogP contribution in [0.5, 0.6) is 5.75 Å². The number of azo groups is 1. The molecule has 0 unspecified atom stereocenters. The third-order valence-corrected chi connectivity index (χ3v) is 3.43. The Morgan fingerprint density at radius 3 is 2.21 bits per heavy atom. The molecule has 0 bridgehead atoms. The molecule has 0 amide bonds. The van der Waals surface area contributed by atoms with Crippen molar-refractivity contribution in [1.29, 1.82) is 0 Å². The summed E-state index contributed by atoms with van der Waals surface area (Å²) >= 11 is 23.2. The van der Waals surface area contributed by atoms with Crippen molar-refractivity contribution in [3.05, 3.63) is 50.4 Å². The Morgan fingerprint density at radius 2 is 1.53 bits per heavy atom. The van der Waals surface area contributed by atoms with Gasteiger partial charge in [0.2, 0.25) is 0 Å². The largest absolute Gasteiger partial charge is 0.504 e. The first-order valence-corrected chi connectivity index (χ1v) is 6.53. The highest BCUT2D eigenvalue weighted by molar-refractivity contribution is 6.42. The lowest BCUT2D eigenvalue weighted by Crippen LogP contribution is -1.72. The van der Waals surface area contributed by atoms with Crippen molar-refractivity contribution < 1.29 is 5.11 Å². The maximum absolute atomic E-state index is 9.71. The number of aromatic hydroxyl groups is 1. The number of halogens is 4. The quantitative estimate of drug-likeness (QED) is 0.632. The van der Waals surface area contributed by atoms with Gasteiger partial charge in [-0.1, -0.05) is 46.4 Å². The molecule has 0 radical (unpaired) electrons. The minimum atomic E-state index is -0.185. The second kappa shape index (κ2) is 5.97. The first-order valence-electron chi connectivity index (χ1n) is 5.02. The van der Waals surface area contributed by atoms with Crippen LogP contribution in [0.2, 0.25) is 20.1 Å². The number of phenols is 1. The van der Waals surface area contributed by atoms with Crippen LogP contribution in [0.15, 0.2) is 40.6 Å². The molecule has 0 atom stereocenters. The van der Waals surface area contributed by atoms with Crippen LogP contribution in [0.1, 0.15) is 0 Å². The van der Waals surface area contributed by atoms with Gasteiger partial charge >= 0.3 is 0 Å². The van der Waals surface area contributed by atoms with Gasteiger partial charge in [-0.25, -0.2) is 0 Å². The van der Waals surface area contributed by atoms with Gasteiger partial charge in [0, 0.05) is 5.02 Å². The van der Waals surface area contributed by atoms with Crippen molar-refractivity contribution in [1.82, 2.24) is 0 Å². The van der Waals surface area contributed by atoms with Crippen LogP contribution in [0.3, 0.4) is 0 Å². The van der Waals surface area contributed by atoms with E-state index in [2.05, 4.69) is 10.2 Å². The molecule has 0 fully saturated rings. The summed E-state index contributed by atoms with van der Waals surface area (Å²) in [5.74, 6) is -0.185. The van der Waals surface area contributed by atoms with E-state index in [4.69, 9.17) is 46.4 Å². The predicted octanol–water partition coefficient (Wildman–Crippen LogP) is 6.42. The number of rotatable bonds is 2. The van der Waals surface area contributed by atoms with Crippen LogP contribution in [0, 0.1) is 0 Å². The third-order valence-electron chi connectivity index (χ3n) is 2.18. The van der Waals surface area contributed by atoms with Crippen molar-refractivity contribution in [2.75, 3.05) is 0 Å². The lowest BCUT2D eigenvalue weighted by Gasteiger charge is -2.01. The Labute approximate surface area is 129 Å². The molecule has 98 valence electrons. The third kappa shape index (κ3) is 3.51. The Kier molecular flexibility index (Phi) is 4.53. The standard InChI is InChI=1S/C12H6Cl4N2O/c13-6-3-10(16)12(19)11(4-6)18-17-7-1-2-8(14)9(15)5-7/h1-5,19H. The number of hydrogen-bond acceptors (Lipinski definition) is 3. The molecule has 0 aliphatic heterocycles. The fraction of sp³-hybridized carbons (Fsp3) is 0. The van der Waals surface area contributed by atoms with Gasteiger partial charge < -0.3 is 5.11 Å². The molecule has 0 aliphatic rings. The zero-order chi connectivity index (χ0) is 14.0. The average molecular weight is 336 g/mol. The van der Waals surface area contributed by atoms with Gasteiger partial charge in [0.15, 0.2) is 5.75 Å². The summed E-state index contributed by atoms with van der Waals surface area (Å²) in [6, 6.07) is 7.65. The Bertz CT molecular complexity index is 658. The van der Waals surface area contributed by atoms with Crippen LogP contribution < -0.4 is 0 Å². The van der Waals surface area contributed by atoms with Crippen molar-refractivity contribution in [3.8, 4) is 5.75 Å². The van der Waals surface area contributed by atoms with E-state index in [-0.39, 0.29) is 16.5 Å². The van der Waals surface area contributed by atoms with Crippen LogP contribution in [-0.4, -0.2) is 5.11 Å². The molecule has 0 aliphatic carbocycles. The molecule has 1 N–H and O–H groups in total.